The first-order valence-corrected chi connectivity index (χ1v) is 18.6. The van der Waals surface area contributed by atoms with Crippen LogP contribution >= 0.6 is 0 Å². The van der Waals surface area contributed by atoms with Gasteiger partial charge in [-0.25, -0.2) is 14.6 Å². The van der Waals surface area contributed by atoms with Crippen molar-refractivity contribution < 1.29 is 37.7 Å². The summed E-state index contributed by atoms with van der Waals surface area (Å²) >= 11 is 0. The zero-order valence-electron chi connectivity index (χ0n) is 31.2. The van der Waals surface area contributed by atoms with E-state index < -0.39 is 0 Å². The molecular weight excluding hydrogens is 710 g/mol. The van der Waals surface area contributed by atoms with E-state index in [2.05, 4.69) is 38.5 Å². The molecule has 1 aliphatic rings. The normalized spacial score (nSPS) is 12.8. The second-order valence-corrected chi connectivity index (χ2v) is 12.9. The van der Waals surface area contributed by atoms with E-state index in [9.17, 15) is 9.59 Å². The third kappa shape index (κ3) is 10.9. The molecule has 17 nitrogen and oxygen atoms in total. The highest BCUT2D eigenvalue weighted by molar-refractivity contribution is 5.99. The molecule has 4 heterocycles. The van der Waals surface area contributed by atoms with E-state index in [0.29, 0.717) is 139 Å². The van der Waals surface area contributed by atoms with Gasteiger partial charge in [0.25, 0.3) is 6.01 Å². The maximum atomic E-state index is 13.0. The molecule has 0 spiro atoms. The van der Waals surface area contributed by atoms with Crippen molar-refractivity contribution in [2.75, 3.05) is 90.6 Å². The first-order chi connectivity index (χ1) is 26.9. The molecule has 2 amide bonds. The standard InChI is InChI=1S/C38H49N9O8/c1-2-32(48)41-9-12-51-14-16-53-18-20-54-19-17-52-15-13-50-11-8-33(49)46-10-7-27-21-26(3-4-29(27)24-46)23-47-37-34(36(39)42-25-43-37)35(45-47)28-5-6-31-30(22-28)44-38(40)55-31/h3-6,21-22,25H,2,7-20,23-24H2,1H3,(H2,40,44)(H,41,48)(H2,39,42,43). The van der Waals surface area contributed by atoms with Crippen molar-refractivity contribution in [1.29, 1.82) is 0 Å². The lowest BCUT2D eigenvalue weighted by Crippen LogP contribution is -2.36. The van der Waals surface area contributed by atoms with Crippen LogP contribution in [-0.2, 0) is 52.8 Å². The minimum atomic E-state index is 0.0159. The summed E-state index contributed by atoms with van der Waals surface area (Å²) in [5.74, 6) is 0.423. The van der Waals surface area contributed by atoms with Gasteiger partial charge in [-0.1, -0.05) is 25.1 Å². The summed E-state index contributed by atoms with van der Waals surface area (Å²) in [5, 5.41) is 8.33. The molecule has 0 aliphatic carbocycles. The number of nitrogen functional groups attached to an aromatic ring is 2. The minimum Gasteiger partial charge on any atom is -0.424 e. The number of carbonyl (C=O) groups excluding carboxylic acids is 2. The second-order valence-electron chi connectivity index (χ2n) is 12.9. The second kappa shape index (κ2) is 19.9. The number of hydrogen-bond acceptors (Lipinski definition) is 14. The molecule has 0 saturated heterocycles. The third-order valence-corrected chi connectivity index (χ3v) is 9.04. The number of aromatic nitrogens is 5. The first kappa shape index (κ1) is 39.5. The van der Waals surface area contributed by atoms with Gasteiger partial charge in [-0.05, 0) is 41.3 Å². The Hall–Kier alpha value is -5.20. The van der Waals surface area contributed by atoms with Crippen LogP contribution in [0.25, 0.3) is 33.4 Å². The highest BCUT2D eigenvalue weighted by atomic mass is 16.6. The molecule has 3 aromatic heterocycles. The van der Waals surface area contributed by atoms with Crippen molar-refractivity contribution >= 4 is 45.8 Å². The van der Waals surface area contributed by atoms with Crippen molar-refractivity contribution in [3.05, 3.63) is 59.4 Å². The van der Waals surface area contributed by atoms with Crippen LogP contribution in [0, 0.1) is 0 Å². The number of rotatable bonds is 22. The van der Waals surface area contributed by atoms with E-state index >= 15 is 0 Å². The average Bonchev–Trinajstić information content (AvgIpc) is 3.76. The number of benzene rings is 2. The van der Waals surface area contributed by atoms with Crippen LogP contribution in [0.5, 0.6) is 0 Å². The van der Waals surface area contributed by atoms with Crippen LogP contribution in [0.3, 0.4) is 0 Å². The number of nitrogens with two attached hydrogens (primary N) is 2. The molecule has 0 bridgehead atoms. The molecule has 5 aromatic rings. The molecule has 55 heavy (non-hydrogen) atoms. The number of fused-ring (bicyclic) bond motifs is 3. The maximum absolute atomic E-state index is 13.0. The van der Waals surface area contributed by atoms with Crippen LogP contribution in [0.15, 0.2) is 47.1 Å². The number of carbonyl (C=O) groups is 2. The van der Waals surface area contributed by atoms with E-state index in [1.807, 2.05) is 28.6 Å². The fourth-order valence-corrected chi connectivity index (χ4v) is 6.21. The van der Waals surface area contributed by atoms with Crippen LogP contribution in [0.4, 0.5) is 11.8 Å². The molecule has 0 fully saturated rings. The highest BCUT2D eigenvalue weighted by Gasteiger charge is 2.22. The first-order valence-electron chi connectivity index (χ1n) is 18.6. The van der Waals surface area contributed by atoms with Gasteiger partial charge in [0, 0.05) is 31.6 Å². The van der Waals surface area contributed by atoms with Crippen molar-refractivity contribution in [1.82, 2.24) is 34.9 Å². The fourth-order valence-electron chi connectivity index (χ4n) is 6.21. The maximum Gasteiger partial charge on any atom is 0.292 e. The van der Waals surface area contributed by atoms with Crippen LogP contribution < -0.4 is 16.8 Å². The number of anilines is 2. The molecule has 294 valence electrons. The SMILES string of the molecule is CCC(=O)NCCOCCOCCOCCOCCOCCC(=O)N1CCc2cc(Cn3nc(-c4ccc5oc(N)nc5c4)c4c(N)ncnc43)ccc2C1. The number of nitrogens with zero attached hydrogens (tertiary/aromatic N) is 6. The molecule has 5 N–H and O–H groups in total. The fraction of sp³-hybridized carbons (Fsp3) is 0.474. The van der Waals surface area contributed by atoms with Crippen molar-refractivity contribution in [3.8, 4) is 11.3 Å². The number of amides is 2. The highest BCUT2D eigenvalue weighted by Crippen LogP contribution is 2.33. The molecule has 2 aromatic carbocycles. The summed E-state index contributed by atoms with van der Waals surface area (Å²) in [7, 11) is 0. The lowest BCUT2D eigenvalue weighted by molar-refractivity contribution is -0.133. The zero-order valence-corrected chi connectivity index (χ0v) is 31.2. The predicted octanol–water partition coefficient (Wildman–Crippen LogP) is 2.73. The van der Waals surface area contributed by atoms with Gasteiger partial charge in [0.15, 0.2) is 11.2 Å². The summed E-state index contributed by atoms with van der Waals surface area (Å²) in [6.07, 6.45) is 2.98. The summed E-state index contributed by atoms with van der Waals surface area (Å²) < 4.78 is 34.8. The smallest absolute Gasteiger partial charge is 0.292 e. The topological polar surface area (TPSA) is 217 Å². The third-order valence-electron chi connectivity index (χ3n) is 9.04. The summed E-state index contributed by atoms with van der Waals surface area (Å²) in [5.41, 5.74) is 18.8. The Morgan fingerprint density at radius 2 is 1.56 bits per heavy atom. The molecular formula is C38H49N9O8. The molecule has 0 radical (unpaired) electrons. The van der Waals surface area contributed by atoms with Gasteiger partial charge in [0.1, 0.15) is 23.4 Å². The molecule has 1 aliphatic heterocycles. The van der Waals surface area contributed by atoms with Gasteiger partial charge in [0.2, 0.25) is 11.8 Å². The largest absolute Gasteiger partial charge is 0.424 e. The van der Waals surface area contributed by atoms with Gasteiger partial charge >= 0.3 is 0 Å². The van der Waals surface area contributed by atoms with Gasteiger partial charge < -0.3 is 49.8 Å². The molecule has 6 rings (SSSR count). The quantitative estimate of drug-likeness (QED) is 0.0865. The van der Waals surface area contributed by atoms with Crippen molar-refractivity contribution in [2.24, 2.45) is 0 Å². The van der Waals surface area contributed by atoms with E-state index in [1.54, 1.807) is 6.07 Å². The predicted molar refractivity (Wildman–Crippen MR) is 204 cm³/mol. The zero-order chi connectivity index (χ0) is 38.4. The molecule has 0 unspecified atom stereocenters. The molecule has 0 saturated carbocycles. The van der Waals surface area contributed by atoms with Gasteiger partial charge in [-0.2, -0.15) is 10.1 Å². The lowest BCUT2D eigenvalue weighted by Gasteiger charge is -2.29. The number of nitrogens with one attached hydrogen (secondary N) is 1. The summed E-state index contributed by atoms with van der Waals surface area (Å²) in [6.45, 7) is 8.40. The van der Waals surface area contributed by atoms with Gasteiger partial charge in [-0.3, -0.25) is 9.59 Å². The Morgan fingerprint density at radius 3 is 2.29 bits per heavy atom. The van der Waals surface area contributed by atoms with E-state index in [-0.39, 0.29) is 17.8 Å². The van der Waals surface area contributed by atoms with Crippen molar-refractivity contribution in [3.63, 3.8) is 0 Å². The number of hydrogen-bond donors (Lipinski definition) is 3. The summed E-state index contributed by atoms with van der Waals surface area (Å²) in [4.78, 5) is 39.0. The van der Waals surface area contributed by atoms with Gasteiger partial charge in [0.05, 0.1) is 84.4 Å². The van der Waals surface area contributed by atoms with Crippen LogP contribution in [-0.4, -0.2) is 121 Å². The Bertz CT molecular complexity index is 2030. The van der Waals surface area contributed by atoms with E-state index in [4.69, 9.17) is 44.7 Å². The van der Waals surface area contributed by atoms with E-state index in [0.717, 1.165) is 23.1 Å². The number of oxazole rings is 1. The average molecular weight is 760 g/mol. The van der Waals surface area contributed by atoms with Gasteiger partial charge in [-0.15, -0.1) is 0 Å². The Balaban J connectivity index is 0.863. The van der Waals surface area contributed by atoms with Crippen molar-refractivity contribution in [2.45, 2.75) is 39.3 Å². The number of ether oxygens (including phenoxy) is 5. The minimum absolute atomic E-state index is 0.0159. The lowest BCUT2D eigenvalue weighted by atomic mass is 9.97. The van der Waals surface area contributed by atoms with Crippen LogP contribution in [0.2, 0.25) is 0 Å². The Labute approximate surface area is 318 Å². The monoisotopic (exact) mass is 759 g/mol. The molecule has 0 atom stereocenters. The Kier molecular flexibility index (Phi) is 14.3. The summed E-state index contributed by atoms with van der Waals surface area (Å²) in [6, 6.07) is 12.0. The Morgan fingerprint density at radius 1 is 0.855 bits per heavy atom. The van der Waals surface area contributed by atoms with E-state index in [1.165, 1.54) is 11.9 Å². The molecule has 17 heteroatoms. The van der Waals surface area contributed by atoms with Crippen LogP contribution in [0.1, 0.15) is 36.5 Å².